The Morgan fingerprint density at radius 1 is 0.577 bits per heavy atom. The van der Waals surface area contributed by atoms with E-state index in [-0.39, 0.29) is 11.4 Å². The van der Waals surface area contributed by atoms with E-state index in [1.165, 1.54) is 0 Å². The Kier molecular flexibility index (Phi) is 2.72. The molecular formula is C20H10N2O4. The van der Waals surface area contributed by atoms with Gasteiger partial charge in [-0.3, -0.25) is 20.2 Å². The summed E-state index contributed by atoms with van der Waals surface area (Å²) < 4.78 is 0. The van der Waals surface area contributed by atoms with Gasteiger partial charge in [-0.05, 0) is 43.1 Å². The van der Waals surface area contributed by atoms with Gasteiger partial charge in [-0.1, -0.05) is 36.4 Å². The maximum Gasteiger partial charge on any atom is 0.270 e. The lowest BCUT2D eigenvalue weighted by atomic mass is 9.89. The number of hydrogen-bond acceptors (Lipinski definition) is 4. The summed E-state index contributed by atoms with van der Waals surface area (Å²) in [6, 6.07) is 17.4. The van der Waals surface area contributed by atoms with Gasteiger partial charge < -0.3 is 0 Å². The van der Waals surface area contributed by atoms with Gasteiger partial charge in [0, 0.05) is 24.3 Å². The third-order valence-electron chi connectivity index (χ3n) is 4.93. The summed E-state index contributed by atoms with van der Waals surface area (Å²) in [5.74, 6) is 0. The summed E-state index contributed by atoms with van der Waals surface area (Å²) in [5, 5.41) is 29.3. The summed E-state index contributed by atoms with van der Waals surface area (Å²) in [5.41, 5.74) is 0.0685. The molecule has 26 heavy (non-hydrogen) atoms. The van der Waals surface area contributed by atoms with Crippen LogP contribution in [0.25, 0.3) is 43.1 Å². The van der Waals surface area contributed by atoms with Crippen molar-refractivity contribution in [3.05, 3.63) is 80.9 Å². The van der Waals surface area contributed by atoms with E-state index in [4.69, 9.17) is 0 Å². The minimum Gasteiger partial charge on any atom is -0.258 e. The zero-order valence-electron chi connectivity index (χ0n) is 13.3. The fraction of sp³-hybridized carbons (Fsp3) is 0. The zero-order valence-corrected chi connectivity index (χ0v) is 13.3. The maximum atomic E-state index is 11.4. The molecule has 124 valence electrons. The topological polar surface area (TPSA) is 86.3 Å². The van der Waals surface area contributed by atoms with Crippen molar-refractivity contribution in [2.24, 2.45) is 0 Å². The van der Waals surface area contributed by atoms with E-state index in [0.29, 0.717) is 0 Å². The highest BCUT2D eigenvalue weighted by Gasteiger charge is 2.19. The van der Waals surface area contributed by atoms with Crippen molar-refractivity contribution in [1.29, 1.82) is 0 Å². The van der Waals surface area contributed by atoms with E-state index in [1.807, 2.05) is 36.4 Å². The molecule has 6 nitrogen and oxygen atoms in total. The van der Waals surface area contributed by atoms with Crippen LogP contribution in [0.2, 0.25) is 0 Å². The molecule has 0 aliphatic rings. The Balaban J connectivity index is 2.15. The van der Waals surface area contributed by atoms with Crippen molar-refractivity contribution in [3.8, 4) is 0 Å². The highest BCUT2D eigenvalue weighted by atomic mass is 16.6. The molecule has 0 fully saturated rings. The first-order valence-electron chi connectivity index (χ1n) is 7.97. The first-order chi connectivity index (χ1) is 12.5. The molecule has 5 aromatic carbocycles. The molecule has 0 saturated carbocycles. The molecule has 0 heterocycles. The van der Waals surface area contributed by atoms with Crippen molar-refractivity contribution in [3.63, 3.8) is 0 Å². The van der Waals surface area contributed by atoms with Gasteiger partial charge in [0.15, 0.2) is 0 Å². The molecule has 0 radical (unpaired) electrons. The second-order valence-electron chi connectivity index (χ2n) is 6.31. The van der Waals surface area contributed by atoms with Crippen molar-refractivity contribution < 1.29 is 9.85 Å². The fourth-order valence-electron chi connectivity index (χ4n) is 3.91. The van der Waals surface area contributed by atoms with Gasteiger partial charge in [0.25, 0.3) is 11.4 Å². The van der Waals surface area contributed by atoms with E-state index in [1.54, 1.807) is 24.3 Å². The number of non-ortho nitro benzene ring substituents is 2. The molecule has 5 rings (SSSR count). The van der Waals surface area contributed by atoms with Gasteiger partial charge in [-0.15, -0.1) is 0 Å². The highest BCUT2D eigenvalue weighted by Crippen LogP contribution is 2.42. The van der Waals surface area contributed by atoms with Crippen molar-refractivity contribution in [1.82, 2.24) is 0 Å². The second-order valence-corrected chi connectivity index (χ2v) is 6.31. The fourth-order valence-corrected chi connectivity index (χ4v) is 3.91. The molecular weight excluding hydrogens is 332 g/mol. The molecule has 0 aromatic heterocycles. The number of hydrogen-bond donors (Lipinski definition) is 0. The van der Waals surface area contributed by atoms with Crippen LogP contribution in [-0.4, -0.2) is 9.85 Å². The van der Waals surface area contributed by atoms with Crippen LogP contribution >= 0.6 is 0 Å². The quantitative estimate of drug-likeness (QED) is 0.182. The highest BCUT2D eigenvalue weighted by molar-refractivity contribution is 6.33. The lowest BCUT2D eigenvalue weighted by Crippen LogP contribution is -1.93. The molecule has 0 aliphatic carbocycles. The number of rotatable bonds is 2. The van der Waals surface area contributed by atoms with Gasteiger partial charge in [0.2, 0.25) is 0 Å². The molecule has 0 aliphatic heterocycles. The molecule has 0 unspecified atom stereocenters. The molecule has 0 atom stereocenters. The second kappa shape index (κ2) is 4.86. The first-order valence-corrected chi connectivity index (χ1v) is 7.97. The lowest BCUT2D eigenvalue weighted by molar-refractivity contribution is -0.384. The van der Waals surface area contributed by atoms with E-state index in [2.05, 4.69) is 0 Å². The van der Waals surface area contributed by atoms with E-state index in [0.717, 1.165) is 43.1 Å². The van der Waals surface area contributed by atoms with Crippen molar-refractivity contribution in [2.45, 2.75) is 0 Å². The normalized spacial score (nSPS) is 11.7. The zero-order chi connectivity index (χ0) is 18.0. The summed E-state index contributed by atoms with van der Waals surface area (Å²) >= 11 is 0. The number of nitro benzene ring substituents is 2. The minimum atomic E-state index is -0.395. The Labute approximate surface area is 145 Å². The number of fused-ring (bicyclic) bond motifs is 2. The SMILES string of the molecule is O=[N+]([O-])c1cc2cccc3c4cc([N+](=O)[O-])cc5cccc(c(c1)c23)c54. The third-order valence-corrected chi connectivity index (χ3v) is 4.93. The number of nitro groups is 2. The number of nitrogens with zero attached hydrogens (tertiary/aromatic N) is 2. The van der Waals surface area contributed by atoms with Crippen LogP contribution in [-0.2, 0) is 0 Å². The molecule has 5 aromatic rings. The van der Waals surface area contributed by atoms with Crippen LogP contribution in [0.4, 0.5) is 11.4 Å². The van der Waals surface area contributed by atoms with Crippen LogP contribution in [0.1, 0.15) is 0 Å². The predicted molar refractivity (Wildman–Crippen MR) is 101 cm³/mol. The van der Waals surface area contributed by atoms with Crippen LogP contribution in [0, 0.1) is 20.2 Å². The van der Waals surface area contributed by atoms with Gasteiger partial charge in [0.1, 0.15) is 0 Å². The molecule has 6 heteroatoms. The third kappa shape index (κ3) is 1.81. The summed E-state index contributed by atoms with van der Waals surface area (Å²) in [6.07, 6.45) is 0. The minimum absolute atomic E-state index is 0.0343. The Morgan fingerprint density at radius 2 is 1.00 bits per heavy atom. The first kappa shape index (κ1) is 14.5. The Bertz CT molecular complexity index is 1280. The van der Waals surface area contributed by atoms with Crippen molar-refractivity contribution in [2.75, 3.05) is 0 Å². The van der Waals surface area contributed by atoms with Gasteiger partial charge in [0.05, 0.1) is 9.85 Å². The molecule has 0 amide bonds. The molecule has 0 bridgehead atoms. The van der Waals surface area contributed by atoms with E-state index in [9.17, 15) is 20.2 Å². The van der Waals surface area contributed by atoms with Crippen LogP contribution in [0.5, 0.6) is 0 Å². The molecule has 0 spiro atoms. The average Bonchev–Trinajstić information content (AvgIpc) is 2.64. The molecule has 0 saturated heterocycles. The summed E-state index contributed by atoms with van der Waals surface area (Å²) in [6.45, 7) is 0. The predicted octanol–water partition coefficient (Wildman–Crippen LogP) is 5.55. The Hall–Kier alpha value is -3.80. The largest absolute Gasteiger partial charge is 0.270 e. The summed E-state index contributed by atoms with van der Waals surface area (Å²) in [4.78, 5) is 21.9. The van der Waals surface area contributed by atoms with Crippen LogP contribution in [0.15, 0.2) is 60.7 Å². The van der Waals surface area contributed by atoms with Crippen LogP contribution in [0.3, 0.4) is 0 Å². The van der Waals surface area contributed by atoms with Gasteiger partial charge >= 0.3 is 0 Å². The summed E-state index contributed by atoms with van der Waals surface area (Å²) in [7, 11) is 0. The smallest absolute Gasteiger partial charge is 0.258 e. The Morgan fingerprint density at radius 3 is 1.38 bits per heavy atom. The monoisotopic (exact) mass is 342 g/mol. The molecule has 0 N–H and O–H groups in total. The standard InChI is InChI=1S/C20H10N2O4/c23-21(24)13-7-11-3-1-5-15-17-9-14(22(25)26)8-12-4-2-6-16(20(12)17)18(10-13)19(11)15/h1-10H. The van der Waals surface area contributed by atoms with Gasteiger partial charge in [-0.25, -0.2) is 0 Å². The number of benzene rings is 5. The van der Waals surface area contributed by atoms with Crippen molar-refractivity contribution >= 4 is 54.5 Å². The van der Waals surface area contributed by atoms with Crippen LogP contribution < -0.4 is 0 Å². The lowest BCUT2D eigenvalue weighted by Gasteiger charge is -2.14. The van der Waals surface area contributed by atoms with E-state index >= 15 is 0 Å². The maximum absolute atomic E-state index is 11.4. The van der Waals surface area contributed by atoms with Gasteiger partial charge in [-0.2, -0.15) is 0 Å². The average molecular weight is 342 g/mol. The van der Waals surface area contributed by atoms with E-state index < -0.39 is 9.85 Å².